The molecule has 25 heteroatoms. The summed E-state index contributed by atoms with van der Waals surface area (Å²) in [7, 11) is 0. The van der Waals surface area contributed by atoms with Crippen molar-refractivity contribution < 1.29 is 111 Å². The SMILES string of the molecule is CC(=CCCC(F)(F)C(F)(F)C(F)(F)C(F)(F)C(F)(F)C(F)(F)C(F)(F)C(F)(F)C(F)(C(F)(F)F)C(F)(F)F)C(=O)O. The summed E-state index contributed by atoms with van der Waals surface area (Å²) in [5, 5.41) is 8.39. The zero-order valence-electron chi connectivity index (χ0n) is 19.0. The standard InChI is InChI=1S/C17H9F23O2/c1-5(6(41)42)3-2-4-7(18,19)9(21,22)11(25,26)13(29,30)15(33,34)14(31,32)12(27,28)10(23,24)8(20,16(35,36)37)17(38,39)40/h3H,2,4H2,1H3,(H,41,42). The molecule has 0 bridgehead atoms. The summed E-state index contributed by atoms with van der Waals surface area (Å²) < 4.78 is 307. The highest BCUT2D eigenvalue weighted by atomic mass is 19.4. The van der Waals surface area contributed by atoms with Crippen LogP contribution < -0.4 is 0 Å². The van der Waals surface area contributed by atoms with Crippen LogP contribution in [-0.2, 0) is 4.79 Å². The molecule has 0 aromatic rings. The molecule has 2 nitrogen and oxygen atoms in total. The molecule has 0 amide bonds. The highest BCUT2D eigenvalue weighted by Crippen LogP contribution is 2.67. The van der Waals surface area contributed by atoms with E-state index in [1.54, 1.807) is 0 Å². The molecular weight excluding hydrogens is 673 g/mol. The zero-order valence-corrected chi connectivity index (χ0v) is 19.0. The highest BCUT2D eigenvalue weighted by Gasteiger charge is 2.99. The van der Waals surface area contributed by atoms with E-state index >= 15 is 0 Å². The fourth-order valence-electron chi connectivity index (χ4n) is 2.66. The number of allylic oxidation sites excluding steroid dienone is 1. The molecule has 0 fully saturated rings. The van der Waals surface area contributed by atoms with Crippen LogP contribution in [-0.4, -0.2) is 76.5 Å². The first kappa shape index (κ1) is 39.6. The van der Waals surface area contributed by atoms with Crippen molar-refractivity contribution in [3.63, 3.8) is 0 Å². The van der Waals surface area contributed by atoms with Gasteiger partial charge in [0, 0.05) is 12.0 Å². The van der Waals surface area contributed by atoms with E-state index in [0.29, 0.717) is 6.92 Å². The van der Waals surface area contributed by atoms with Gasteiger partial charge >= 0.3 is 71.4 Å². The third kappa shape index (κ3) is 5.18. The molecule has 1 N–H and O–H groups in total. The predicted molar refractivity (Wildman–Crippen MR) is 86.2 cm³/mol. The van der Waals surface area contributed by atoms with Crippen molar-refractivity contribution in [3.8, 4) is 0 Å². The fraction of sp³-hybridized carbons (Fsp3) is 0.824. The number of rotatable bonds is 12. The molecule has 0 aliphatic heterocycles. The Balaban J connectivity index is 7.15. The molecule has 0 saturated heterocycles. The van der Waals surface area contributed by atoms with Crippen LogP contribution in [0.3, 0.4) is 0 Å². The van der Waals surface area contributed by atoms with Crippen LogP contribution in [0.1, 0.15) is 19.8 Å². The highest BCUT2D eigenvalue weighted by molar-refractivity contribution is 5.85. The van der Waals surface area contributed by atoms with Gasteiger partial charge in [0.1, 0.15) is 0 Å². The van der Waals surface area contributed by atoms with Crippen molar-refractivity contribution in [3.05, 3.63) is 11.6 Å². The number of aliphatic carboxylic acids is 1. The van der Waals surface area contributed by atoms with E-state index in [1.165, 1.54) is 0 Å². The fourth-order valence-corrected chi connectivity index (χ4v) is 2.66. The molecule has 0 atom stereocenters. The summed E-state index contributed by atoms with van der Waals surface area (Å²) in [6, 6.07) is 0. The molecule has 0 rings (SSSR count). The van der Waals surface area contributed by atoms with Crippen molar-refractivity contribution in [2.24, 2.45) is 0 Å². The third-order valence-electron chi connectivity index (χ3n) is 5.29. The average molecular weight is 682 g/mol. The summed E-state index contributed by atoms with van der Waals surface area (Å²) in [6.45, 7) is 0.518. The van der Waals surface area contributed by atoms with Gasteiger partial charge in [-0.15, -0.1) is 0 Å². The molecule has 0 aliphatic rings. The lowest BCUT2D eigenvalue weighted by molar-refractivity contribution is -0.481. The number of carboxylic acids is 1. The van der Waals surface area contributed by atoms with Gasteiger partial charge in [-0.25, -0.2) is 9.18 Å². The Bertz CT molecular complexity index is 1020. The summed E-state index contributed by atoms with van der Waals surface area (Å²) in [6.07, 6.45) is -21.9. The predicted octanol–water partition coefficient (Wildman–Crippen LogP) is 8.71. The monoisotopic (exact) mass is 682 g/mol. The first-order valence-corrected chi connectivity index (χ1v) is 9.57. The summed E-state index contributed by atoms with van der Waals surface area (Å²) in [4.78, 5) is 10.4. The maximum Gasteiger partial charge on any atom is 0.438 e. The van der Waals surface area contributed by atoms with E-state index in [0.717, 1.165) is 0 Å². The normalized spacial score (nSPS) is 16.6. The molecule has 0 unspecified atom stereocenters. The lowest BCUT2D eigenvalue weighted by Gasteiger charge is -2.46. The molecular formula is C17H9F23O2. The van der Waals surface area contributed by atoms with Crippen LogP contribution in [0.4, 0.5) is 101 Å². The van der Waals surface area contributed by atoms with Gasteiger partial charge in [-0.05, 0) is 13.3 Å². The van der Waals surface area contributed by atoms with Gasteiger partial charge in [-0.3, -0.25) is 0 Å². The van der Waals surface area contributed by atoms with E-state index < -0.39 is 89.8 Å². The molecule has 250 valence electrons. The number of carbonyl (C=O) groups is 1. The van der Waals surface area contributed by atoms with Gasteiger partial charge in [-0.2, -0.15) is 96.6 Å². The van der Waals surface area contributed by atoms with Crippen LogP contribution >= 0.6 is 0 Å². The maximum atomic E-state index is 13.7. The Morgan fingerprint density at radius 1 is 0.500 bits per heavy atom. The Hall–Kier alpha value is -2.40. The second-order valence-corrected chi connectivity index (χ2v) is 8.11. The quantitative estimate of drug-likeness (QED) is 0.165. The van der Waals surface area contributed by atoms with Gasteiger partial charge in [0.15, 0.2) is 0 Å². The Labute approximate surface area is 215 Å². The van der Waals surface area contributed by atoms with Crippen LogP contribution in [0.15, 0.2) is 11.6 Å². The van der Waals surface area contributed by atoms with E-state index in [9.17, 15) is 106 Å². The van der Waals surface area contributed by atoms with Crippen molar-refractivity contribution in [2.45, 2.75) is 85.2 Å². The average Bonchev–Trinajstić information content (AvgIpc) is 2.75. The van der Waals surface area contributed by atoms with Crippen LogP contribution in [0, 0.1) is 0 Å². The summed E-state index contributed by atoms with van der Waals surface area (Å²) in [5.74, 6) is -72.8. The van der Waals surface area contributed by atoms with Gasteiger partial charge in [0.25, 0.3) is 0 Å². The lowest BCUT2D eigenvalue weighted by Crippen LogP contribution is -2.79. The Morgan fingerprint density at radius 2 is 0.762 bits per heavy atom. The first-order chi connectivity index (χ1) is 17.8. The number of hydrogen-bond donors (Lipinski definition) is 1. The molecule has 0 saturated carbocycles. The molecule has 42 heavy (non-hydrogen) atoms. The minimum absolute atomic E-state index is 0.0154. The van der Waals surface area contributed by atoms with E-state index in [-0.39, 0.29) is 6.08 Å². The number of alkyl halides is 23. The van der Waals surface area contributed by atoms with Crippen LogP contribution in [0.2, 0.25) is 0 Å². The summed E-state index contributed by atoms with van der Waals surface area (Å²) >= 11 is 0. The van der Waals surface area contributed by atoms with Crippen molar-refractivity contribution in [1.82, 2.24) is 0 Å². The molecule has 0 spiro atoms. The minimum atomic E-state index is -9.50. The third-order valence-corrected chi connectivity index (χ3v) is 5.29. The molecule has 0 aromatic heterocycles. The second kappa shape index (κ2) is 10.4. The summed E-state index contributed by atoms with van der Waals surface area (Å²) in [5.41, 5.74) is -10.1. The van der Waals surface area contributed by atoms with E-state index in [1.807, 2.05) is 0 Å². The molecule has 0 radical (unpaired) electrons. The number of carboxylic acid groups (broad SMARTS) is 1. The zero-order chi connectivity index (χ0) is 34.8. The second-order valence-electron chi connectivity index (χ2n) is 8.11. The van der Waals surface area contributed by atoms with Gasteiger partial charge < -0.3 is 5.11 Å². The lowest BCUT2D eigenvalue weighted by atomic mass is 9.82. The smallest absolute Gasteiger partial charge is 0.438 e. The van der Waals surface area contributed by atoms with Crippen LogP contribution in [0.5, 0.6) is 0 Å². The van der Waals surface area contributed by atoms with Gasteiger partial charge in [0.2, 0.25) is 0 Å². The van der Waals surface area contributed by atoms with Crippen molar-refractivity contribution in [1.29, 1.82) is 0 Å². The van der Waals surface area contributed by atoms with Gasteiger partial charge in [0.05, 0.1) is 0 Å². The van der Waals surface area contributed by atoms with Crippen molar-refractivity contribution in [2.75, 3.05) is 0 Å². The van der Waals surface area contributed by atoms with Gasteiger partial charge in [-0.1, -0.05) is 6.08 Å². The first-order valence-electron chi connectivity index (χ1n) is 9.57. The number of hydrogen-bond acceptors (Lipinski definition) is 1. The van der Waals surface area contributed by atoms with Crippen LogP contribution in [0.25, 0.3) is 0 Å². The Morgan fingerprint density at radius 3 is 1.02 bits per heavy atom. The minimum Gasteiger partial charge on any atom is -0.478 e. The Kier molecular flexibility index (Phi) is 9.76. The maximum absolute atomic E-state index is 13.7. The molecule has 0 aliphatic carbocycles. The number of halogens is 23. The molecule has 0 heterocycles. The van der Waals surface area contributed by atoms with E-state index in [4.69, 9.17) is 5.11 Å². The largest absolute Gasteiger partial charge is 0.478 e. The topological polar surface area (TPSA) is 37.3 Å². The molecule has 0 aromatic carbocycles. The van der Waals surface area contributed by atoms with E-state index in [2.05, 4.69) is 0 Å². The van der Waals surface area contributed by atoms with Crippen molar-refractivity contribution >= 4 is 5.97 Å².